The molecule has 4 bridgehead atoms. The van der Waals surface area contributed by atoms with Crippen LogP contribution in [0.2, 0.25) is 0 Å². The summed E-state index contributed by atoms with van der Waals surface area (Å²) in [6.45, 7) is 3.64. The number of aliphatic hydroxyl groups excluding tert-OH is 1. The van der Waals surface area contributed by atoms with Gasteiger partial charge in [0.1, 0.15) is 6.17 Å². The van der Waals surface area contributed by atoms with Gasteiger partial charge in [-0.15, -0.1) is 0 Å². The molecule has 0 aromatic heterocycles. The predicted octanol–water partition coefficient (Wildman–Crippen LogP) is 3.39. The Morgan fingerprint density at radius 3 is 2.38 bits per heavy atom. The molecule has 4 rings (SSSR count). The van der Waals surface area contributed by atoms with Gasteiger partial charge in [0.05, 0.1) is 13.2 Å². The van der Waals surface area contributed by atoms with Crippen LogP contribution in [0.15, 0.2) is 34.4 Å². The van der Waals surface area contributed by atoms with Crippen LogP contribution in [-0.4, -0.2) is 67.5 Å². The first-order chi connectivity index (χ1) is 14.2. The number of rotatable bonds is 9. The molecule has 0 radical (unpaired) electrons. The molecule has 2 atom stereocenters. The summed E-state index contributed by atoms with van der Waals surface area (Å²) >= 11 is 0. The topological polar surface area (TPSA) is 48.0 Å². The van der Waals surface area contributed by atoms with E-state index in [9.17, 15) is 5.11 Å². The van der Waals surface area contributed by atoms with Crippen molar-refractivity contribution in [3.63, 3.8) is 0 Å². The quantitative estimate of drug-likeness (QED) is 0.352. The number of likely N-dealkylation sites (N-methyl/N-ethyl adjacent to an activating group) is 1. The van der Waals surface area contributed by atoms with Crippen molar-refractivity contribution in [3.05, 3.63) is 34.4 Å². The molecule has 2 N–H and O–H groups in total. The molecule has 0 spiro atoms. The van der Waals surface area contributed by atoms with E-state index in [-0.39, 0.29) is 12.3 Å². The minimum Gasteiger partial charge on any atom is -0.390 e. The fraction of sp³-hybridized carbons (Fsp3) is 0.750. The highest BCUT2D eigenvalue weighted by atomic mass is 16.6. The molecule has 2 unspecified atom stereocenters. The monoisotopic (exact) mass is 401 g/mol. The lowest BCUT2D eigenvalue weighted by atomic mass is 9.87. The molecule has 0 amide bonds. The van der Waals surface area contributed by atoms with Crippen molar-refractivity contribution in [1.82, 2.24) is 15.3 Å². The van der Waals surface area contributed by atoms with Crippen LogP contribution in [0, 0.1) is 5.92 Å². The summed E-state index contributed by atoms with van der Waals surface area (Å²) < 4.78 is 0. The zero-order chi connectivity index (χ0) is 20.2. The summed E-state index contributed by atoms with van der Waals surface area (Å²) in [4.78, 5) is 9.87. The van der Waals surface area contributed by atoms with Crippen molar-refractivity contribution in [1.29, 1.82) is 0 Å². The van der Waals surface area contributed by atoms with Crippen molar-refractivity contribution in [2.45, 2.75) is 70.1 Å². The summed E-state index contributed by atoms with van der Waals surface area (Å²) in [7, 11) is 3.73. The molecular formula is C24H39N3O2. The highest BCUT2D eigenvalue weighted by Gasteiger charge is 2.36. The fourth-order valence-corrected chi connectivity index (χ4v) is 5.83. The molecule has 2 saturated carbocycles. The maximum atomic E-state index is 10.7. The van der Waals surface area contributed by atoms with Crippen LogP contribution in [-0.2, 0) is 4.84 Å². The first kappa shape index (κ1) is 21.3. The van der Waals surface area contributed by atoms with Crippen LogP contribution in [0.4, 0.5) is 0 Å². The third kappa shape index (κ3) is 5.02. The maximum Gasteiger partial charge on any atom is 0.102 e. The standard InChI is InChI=1S/C24H39N3O2/c1-26(16-20(28)17-27-13-5-3-4-6-14-27)24(25-29-2)12-11-23-21-9-10-22(23)19-8-7-18(21)15-19/h11-12,20,23-25,28H,3-10,13-17H2,1-2H3. The summed E-state index contributed by atoms with van der Waals surface area (Å²) in [6.07, 6.45) is 15.8. The number of nitrogens with zero attached hydrogens (tertiary/aromatic N) is 2. The number of hydrogen-bond acceptors (Lipinski definition) is 5. The Labute approximate surface area is 176 Å². The molecule has 29 heavy (non-hydrogen) atoms. The van der Waals surface area contributed by atoms with Gasteiger partial charge in [0.2, 0.25) is 0 Å². The van der Waals surface area contributed by atoms with Gasteiger partial charge in [0.25, 0.3) is 0 Å². The lowest BCUT2D eigenvalue weighted by Crippen LogP contribution is -2.47. The van der Waals surface area contributed by atoms with Crippen LogP contribution in [0.25, 0.3) is 0 Å². The number of nitrogens with one attached hydrogen (secondary N) is 1. The van der Waals surface area contributed by atoms with E-state index in [0.29, 0.717) is 12.5 Å². The Morgan fingerprint density at radius 1 is 1.10 bits per heavy atom. The third-order valence-corrected chi connectivity index (χ3v) is 7.34. The van der Waals surface area contributed by atoms with Crippen molar-refractivity contribution in [2.75, 3.05) is 40.3 Å². The second-order valence-electron chi connectivity index (χ2n) is 9.37. The Morgan fingerprint density at radius 2 is 1.76 bits per heavy atom. The van der Waals surface area contributed by atoms with Crippen molar-refractivity contribution in [2.24, 2.45) is 5.92 Å². The Balaban J connectivity index is 1.35. The number of likely N-dealkylation sites (tertiary alicyclic amines) is 1. The van der Waals surface area contributed by atoms with Crippen LogP contribution in [0.1, 0.15) is 57.8 Å². The second kappa shape index (κ2) is 9.88. The number of allylic oxidation sites excluding steroid dienone is 5. The van der Waals surface area contributed by atoms with E-state index in [1.165, 1.54) is 57.8 Å². The van der Waals surface area contributed by atoms with Crippen LogP contribution >= 0.6 is 0 Å². The highest BCUT2D eigenvalue weighted by Crippen LogP contribution is 2.52. The first-order valence-corrected chi connectivity index (χ1v) is 11.6. The van der Waals surface area contributed by atoms with E-state index < -0.39 is 0 Å². The Kier molecular flexibility index (Phi) is 7.25. The molecule has 3 aliphatic carbocycles. The van der Waals surface area contributed by atoms with Gasteiger partial charge in [-0.2, -0.15) is 5.48 Å². The van der Waals surface area contributed by atoms with Gasteiger partial charge in [0.15, 0.2) is 0 Å². The molecule has 0 aromatic carbocycles. The fourth-order valence-electron chi connectivity index (χ4n) is 5.83. The van der Waals surface area contributed by atoms with E-state index in [1.807, 2.05) is 0 Å². The Bertz CT molecular complexity index is 633. The summed E-state index contributed by atoms with van der Waals surface area (Å²) in [5.74, 6) is 0.521. The van der Waals surface area contributed by atoms with Gasteiger partial charge in [-0.1, -0.05) is 47.3 Å². The zero-order valence-electron chi connectivity index (χ0n) is 18.3. The minimum absolute atomic E-state index is 0.0334. The number of hydroxylamine groups is 1. The SMILES string of the molecule is CONC(C=CC1C2=C3CCC(=C1CC2)C3)N(C)CC(O)CN1CCCCCC1. The summed E-state index contributed by atoms with van der Waals surface area (Å²) in [6, 6.07) is 0. The van der Waals surface area contributed by atoms with E-state index in [0.717, 1.165) is 19.6 Å². The van der Waals surface area contributed by atoms with Crippen LogP contribution in [0.3, 0.4) is 0 Å². The average Bonchev–Trinajstić information content (AvgIpc) is 3.15. The van der Waals surface area contributed by atoms with Gasteiger partial charge < -0.3 is 14.8 Å². The van der Waals surface area contributed by atoms with E-state index in [2.05, 4.69) is 34.5 Å². The molecule has 1 heterocycles. The van der Waals surface area contributed by atoms with E-state index >= 15 is 0 Å². The van der Waals surface area contributed by atoms with Crippen molar-refractivity contribution < 1.29 is 9.94 Å². The third-order valence-electron chi connectivity index (χ3n) is 7.34. The lowest BCUT2D eigenvalue weighted by Gasteiger charge is -2.30. The average molecular weight is 402 g/mol. The smallest absolute Gasteiger partial charge is 0.102 e. The highest BCUT2D eigenvalue weighted by molar-refractivity contribution is 5.49. The van der Waals surface area contributed by atoms with Gasteiger partial charge in [-0.05, 0) is 65.1 Å². The number of fused-ring (bicyclic) bond motifs is 4. The molecular weight excluding hydrogens is 362 g/mol. The maximum absolute atomic E-state index is 10.7. The van der Waals surface area contributed by atoms with Crippen molar-refractivity contribution >= 4 is 0 Å². The van der Waals surface area contributed by atoms with Gasteiger partial charge >= 0.3 is 0 Å². The predicted molar refractivity (Wildman–Crippen MR) is 117 cm³/mol. The molecule has 1 aliphatic heterocycles. The van der Waals surface area contributed by atoms with Gasteiger partial charge in [-0.25, -0.2) is 0 Å². The molecule has 4 aliphatic rings. The summed E-state index contributed by atoms with van der Waals surface area (Å²) in [5, 5.41) is 10.7. The normalized spacial score (nSPS) is 25.5. The van der Waals surface area contributed by atoms with Gasteiger partial charge in [-0.3, -0.25) is 4.90 Å². The molecule has 0 aromatic rings. The number of β-amino-alcohol motifs (C(OH)–C–C–N with tert-alkyl or cyclic N) is 1. The number of aliphatic hydroxyl groups is 1. The molecule has 5 heteroatoms. The lowest BCUT2D eigenvalue weighted by molar-refractivity contribution is 0.00381. The molecule has 5 nitrogen and oxygen atoms in total. The molecule has 162 valence electrons. The summed E-state index contributed by atoms with van der Waals surface area (Å²) in [5.41, 5.74) is 9.93. The van der Waals surface area contributed by atoms with E-state index in [4.69, 9.17) is 4.84 Å². The number of hydrogen-bond donors (Lipinski definition) is 2. The zero-order valence-corrected chi connectivity index (χ0v) is 18.3. The Hall–Kier alpha value is -0.980. The largest absolute Gasteiger partial charge is 0.390 e. The van der Waals surface area contributed by atoms with Crippen LogP contribution < -0.4 is 5.48 Å². The van der Waals surface area contributed by atoms with Gasteiger partial charge in [0, 0.05) is 19.0 Å². The molecule has 1 saturated heterocycles. The van der Waals surface area contributed by atoms with Crippen molar-refractivity contribution in [3.8, 4) is 0 Å². The molecule has 3 fully saturated rings. The second-order valence-corrected chi connectivity index (χ2v) is 9.37. The van der Waals surface area contributed by atoms with E-state index in [1.54, 1.807) is 29.4 Å². The first-order valence-electron chi connectivity index (χ1n) is 11.6. The minimum atomic E-state index is -0.343. The van der Waals surface area contributed by atoms with Crippen LogP contribution in [0.5, 0.6) is 0 Å².